The van der Waals surface area contributed by atoms with Gasteiger partial charge in [0.15, 0.2) is 0 Å². The zero-order valence-corrected chi connectivity index (χ0v) is 13.1. The van der Waals surface area contributed by atoms with Gasteiger partial charge in [-0.25, -0.2) is 13.1 Å². The molecule has 21 heavy (non-hydrogen) atoms. The molecule has 1 aromatic heterocycles. The van der Waals surface area contributed by atoms with Gasteiger partial charge in [-0.05, 0) is 12.8 Å². The van der Waals surface area contributed by atoms with Crippen LogP contribution in [0.2, 0.25) is 0 Å². The van der Waals surface area contributed by atoms with Crippen LogP contribution in [0.1, 0.15) is 43.4 Å². The Morgan fingerprint density at radius 3 is 2.95 bits per heavy atom. The zero-order valence-electron chi connectivity index (χ0n) is 12.3. The van der Waals surface area contributed by atoms with E-state index in [0.717, 1.165) is 44.1 Å². The Kier molecular flexibility index (Phi) is 4.61. The first kappa shape index (κ1) is 15.0. The molecule has 0 unspecified atom stereocenters. The summed E-state index contributed by atoms with van der Waals surface area (Å²) in [4.78, 5) is 0. The Balaban J connectivity index is 1.54. The van der Waals surface area contributed by atoms with E-state index in [1.807, 2.05) is 10.9 Å². The second-order valence-corrected chi connectivity index (χ2v) is 7.89. The highest BCUT2D eigenvalue weighted by molar-refractivity contribution is 7.90. The molecule has 0 atom stereocenters. The number of hydrogen-bond donors (Lipinski definition) is 1. The van der Waals surface area contributed by atoms with Gasteiger partial charge < -0.3 is 4.74 Å². The maximum Gasteiger partial charge on any atom is 0.214 e. The number of nitrogens with zero attached hydrogens (tertiary/aromatic N) is 2. The molecular formula is C14H23N3O3S. The average molecular weight is 313 g/mol. The monoisotopic (exact) mass is 313 g/mol. The van der Waals surface area contributed by atoms with Gasteiger partial charge in [0.25, 0.3) is 0 Å². The van der Waals surface area contributed by atoms with Crippen LogP contribution in [0.4, 0.5) is 0 Å². The minimum atomic E-state index is -3.17. The molecule has 1 aliphatic carbocycles. The molecule has 0 bridgehead atoms. The van der Waals surface area contributed by atoms with E-state index in [9.17, 15) is 8.42 Å². The fraction of sp³-hybridized carbons (Fsp3) is 0.786. The van der Waals surface area contributed by atoms with Crippen LogP contribution in [0.15, 0.2) is 6.20 Å². The third-order valence-electron chi connectivity index (χ3n) is 4.39. The van der Waals surface area contributed by atoms with Crippen molar-refractivity contribution < 1.29 is 13.2 Å². The lowest BCUT2D eigenvalue weighted by atomic mass is 10.0. The molecule has 2 heterocycles. The molecule has 1 aromatic rings. The minimum Gasteiger partial charge on any atom is -0.376 e. The maximum atomic E-state index is 12.2. The van der Waals surface area contributed by atoms with E-state index in [1.54, 1.807) is 0 Å². The molecule has 0 spiro atoms. The molecule has 0 aromatic carbocycles. The summed E-state index contributed by atoms with van der Waals surface area (Å²) in [5.74, 6) is 0. The summed E-state index contributed by atoms with van der Waals surface area (Å²) in [6.45, 7) is 2.32. The molecule has 0 radical (unpaired) electrons. The molecule has 0 amide bonds. The van der Waals surface area contributed by atoms with Crippen LogP contribution in [0.25, 0.3) is 0 Å². The standard InChI is InChI=1S/C14H23N3O3S/c18-21(19,13-4-2-1-3-5-13)16-7-8-17-14-6-9-20-11-12(14)10-15-17/h10,13,16H,1-9,11H2. The van der Waals surface area contributed by atoms with Gasteiger partial charge in [0.05, 0.1) is 31.2 Å². The first-order valence-electron chi connectivity index (χ1n) is 7.76. The van der Waals surface area contributed by atoms with E-state index in [2.05, 4.69) is 9.82 Å². The lowest BCUT2D eigenvalue weighted by Gasteiger charge is -2.22. The predicted molar refractivity (Wildman–Crippen MR) is 79.4 cm³/mol. The predicted octanol–water partition coefficient (Wildman–Crippen LogP) is 1.21. The van der Waals surface area contributed by atoms with Gasteiger partial charge >= 0.3 is 0 Å². The molecule has 0 saturated heterocycles. The molecule has 2 aliphatic rings. The van der Waals surface area contributed by atoms with Crippen molar-refractivity contribution in [3.63, 3.8) is 0 Å². The Labute approximate surface area is 125 Å². The van der Waals surface area contributed by atoms with Gasteiger partial charge in [-0.3, -0.25) is 4.68 Å². The zero-order chi connectivity index (χ0) is 14.7. The summed E-state index contributed by atoms with van der Waals surface area (Å²) in [7, 11) is -3.17. The minimum absolute atomic E-state index is 0.203. The quantitative estimate of drug-likeness (QED) is 0.887. The van der Waals surface area contributed by atoms with Gasteiger partial charge in [0, 0.05) is 24.2 Å². The van der Waals surface area contributed by atoms with E-state index >= 15 is 0 Å². The van der Waals surface area contributed by atoms with Gasteiger partial charge in [-0.1, -0.05) is 19.3 Å². The third kappa shape index (κ3) is 3.46. The molecular weight excluding hydrogens is 290 g/mol. The Hall–Kier alpha value is -0.920. The highest BCUT2D eigenvalue weighted by Crippen LogP contribution is 2.23. The summed E-state index contributed by atoms with van der Waals surface area (Å²) in [6, 6.07) is 0. The second-order valence-electron chi connectivity index (χ2n) is 5.84. The van der Waals surface area contributed by atoms with Crippen molar-refractivity contribution in [1.82, 2.24) is 14.5 Å². The van der Waals surface area contributed by atoms with E-state index in [-0.39, 0.29) is 5.25 Å². The normalized spacial score (nSPS) is 20.4. The average Bonchev–Trinajstić information content (AvgIpc) is 2.92. The number of rotatable bonds is 5. The molecule has 6 nitrogen and oxygen atoms in total. The van der Waals surface area contributed by atoms with Crippen LogP contribution in [0.5, 0.6) is 0 Å². The smallest absolute Gasteiger partial charge is 0.214 e. The number of sulfonamides is 1. The van der Waals surface area contributed by atoms with Crippen molar-refractivity contribution in [1.29, 1.82) is 0 Å². The third-order valence-corrected chi connectivity index (χ3v) is 6.35. The van der Waals surface area contributed by atoms with Crippen LogP contribution in [0.3, 0.4) is 0 Å². The van der Waals surface area contributed by atoms with Crippen molar-refractivity contribution in [2.75, 3.05) is 13.2 Å². The maximum absolute atomic E-state index is 12.2. The van der Waals surface area contributed by atoms with E-state index in [0.29, 0.717) is 26.3 Å². The summed E-state index contributed by atoms with van der Waals surface area (Å²) in [6.07, 6.45) is 7.48. The van der Waals surface area contributed by atoms with E-state index < -0.39 is 10.0 Å². The van der Waals surface area contributed by atoms with Crippen molar-refractivity contribution in [2.45, 2.75) is 56.9 Å². The van der Waals surface area contributed by atoms with Crippen LogP contribution < -0.4 is 4.72 Å². The van der Waals surface area contributed by atoms with Crippen molar-refractivity contribution in [3.8, 4) is 0 Å². The van der Waals surface area contributed by atoms with Gasteiger partial charge in [-0.2, -0.15) is 5.10 Å². The number of nitrogens with one attached hydrogen (secondary N) is 1. The van der Waals surface area contributed by atoms with Gasteiger partial charge in [0.1, 0.15) is 0 Å². The SMILES string of the molecule is O=S(=O)(NCCn1ncc2c1CCOC2)C1CCCCC1. The summed E-state index contributed by atoms with van der Waals surface area (Å²) < 4.78 is 34.5. The van der Waals surface area contributed by atoms with E-state index in [1.165, 1.54) is 5.69 Å². The first-order chi connectivity index (χ1) is 10.2. The fourth-order valence-corrected chi connectivity index (χ4v) is 4.76. The van der Waals surface area contributed by atoms with E-state index in [4.69, 9.17) is 4.74 Å². The second kappa shape index (κ2) is 6.46. The molecule has 1 aliphatic heterocycles. The molecule has 3 rings (SSSR count). The molecule has 7 heteroatoms. The number of aromatic nitrogens is 2. The van der Waals surface area contributed by atoms with Crippen molar-refractivity contribution in [2.24, 2.45) is 0 Å². The summed E-state index contributed by atoms with van der Waals surface area (Å²) in [5.41, 5.74) is 2.30. The summed E-state index contributed by atoms with van der Waals surface area (Å²) >= 11 is 0. The first-order valence-corrected chi connectivity index (χ1v) is 9.31. The number of hydrogen-bond acceptors (Lipinski definition) is 4. The Morgan fingerprint density at radius 1 is 1.33 bits per heavy atom. The van der Waals surface area contributed by atoms with Crippen LogP contribution in [0, 0.1) is 0 Å². The van der Waals surface area contributed by atoms with Crippen LogP contribution in [-0.4, -0.2) is 36.6 Å². The molecule has 1 N–H and O–H groups in total. The van der Waals surface area contributed by atoms with Gasteiger partial charge in [0.2, 0.25) is 10.0 Å². The van der Waals surface area contributed by atoms with Crippen LogP contribution in [-0.2, 0) is 34.3 Å². The van der Waals surface area contributed by atoms with Crippen LogP contribution >= 0.6 is 0 Å². The van der Waals surface area contributed by atoms with Crippen molar-refractivity contribution in [3.05, 3.63) is 17.5 Å². The lowest BCUT2D eigenvalue weighted by Crippen LogP contribution is -2.37. The highest BCUT2D eigenvalue weighted by atomic mass is 32.2. The molecule has 1 saturated carbocycles. The topological polar surface area (TPSA) is 73.2 Å². The molecule has 118 valence electrons. The highest BCUT2D eigenvalue weighted by Gasteiger charge is 2.26. The largest absolute Gasteiger partial charge is 0.376 e. The number of fused-ring (bicyclic) bond motifs is 1. The Bertz CT molecular complexity index is 576. The number of ether oxygens (including phenoxy) is 1. The fourth-order valence-electron chi connectivity index (χ4n) is 3.19. The van der Waals surface area contributed by atoms with Crippen molar-refractivity contribution >= 4 is 10.0 Å². The summed E-state index contributed by atoms with van der Waals surface area (Å²) in [5, 5.41) is 4.13. The van der Waals surface area contributed by atoms with Gasteiger partial charge in [-0.15, -0.1) is 0 Å². The molecule has 1 fully saturated rings. The Morgan fingerprint density at radius 2 is 2.14 bits per heavy atom. The lowest BCUT2D eigenvalue weighted by molar-refractivity contribution is 0.109.